The van der Waals surface area contributed by atoms with E-state index >= 15 is 0 Å². The summed E-state index contributed by atoms with van der Waals surface area (Å²) in [4.78, 5) is 27.9. The Morgan fingerprint density at radius 2 is 2.03 bits per heavy atom. The molecule has 0 N–H and O–H groups in total. The number of likely N-dealkylation sites (N-methyl/N-ethyl adjacent to an activating group) is 1. The topological polar surface area (TPSA) is 93.2 Å². The van der Waals surface area contributed by atoms with E-state index in [-0.39, 0.29) is 28.8 Å². The Bertz CT molecular complexity index is 1120. The molecule has 4 rings (SSSR count). The van der Waals surface area contributed by atoms with E-state index in [1.54, 1.807) is 4.90 Å². The van der Waals surface area contributed by atoms with Gasteiger partial charge in [-0.2, -0.15) is 4.31 Å². The van der Waals surface area contributed by atoms with Gasteiger partial charge in [0, 0.05) is 31.6 Å². The van der Waals surface area contributed by atoms with Crippen LogP contribution in [-0.4, -0.2) is 69.5 Å². The minimum absolute atomic E-state index is 0.0127. The largest absolute Gasteiger partial charge is 0.465 e. The molecule has 1 saturated heterocycles. The quantitative estimate of drug-likeness (QED) is 0.552. The van der Waals surface area contributed by atoms with Crippen LogP contribution in [0.3, 0.4) is 0 Å². The third-order valence-electron chi connectivity index (χ3n) is 6.13. The van der Waals surface area contributed by atoms with Gasteiger partial charge in [-0.05, 0) is 36.8 Å². The van der Waals surface area contributed by atoms with Gasteiger partial charge in [0.05, 0.1) is 19.2 Å². The molecule has 1 aromatic heterocycles. The van der Waals surface area contributed by atoms with Crippen LogP contribution in [0.15, 0.2) is 34.5 Å². The highest BCUT2D eigenvalue weighted by Crippen LogP contribution is 2.38. The lowest BCUT2D eigenvalue weighted by Crippen LogP contribution is -2.41. The van der Waals surface area contributed by atoms with Gasteiger partial charge in [0.2, 0.25) is 0 Å². The summed E-state index contributed by atoms with van der Waals surface area (Å²) in [5.41, 5.74) is 1.80. The van der Waals surface area contributed by atoms with E-state index in [2.05, 4.69) is 0 Å². The molecule has 1 unspecified atom stereocenters. The van der Waals surface area contributed by atoms with Crippen LogP contribution < -0.4 is 0 Å². The summed E-state index contributed by atoms with van der Waals surface area (Å²) in [6, 6.07) is 9.63. The van der Waals surface area contributed by atoms with E-state index in [9.17, 15) is 18.0 Å². The number of hydrogen-bond acceptors (Lipinski definition) is 7. The SMILES string of the molecule is COC(=O)c1c(S(=O)(=O)N(C)CCc2ccccc2)sc2c1CCN(C(=O)C1CCCO1)C2. The van der Waals surface area contributed by atoms with Crippen LogP contribution in [0.1, 0.15) is 39.2 Å². The zero-order chi connectivity index (χ0) is 23.6. The minimum Gasteiger partial charge on any atom is -0.465 e. The van der Waals surface area contributed by atoms with Crippen LogP contribution >= 0.6 is 11.3 Å². The molecule has 8 nitrogen and oxygen atoms in total. The Morgan fingerprint density at radius 3 is 2.70 bits per heavy atom. The molecule has 10 heteroatoms. The standard InChI is InChI=1S/C23H28N2O6S2/c1-24(12-10-16-7-4-3-5-8-16)33(28,29)23-20(22(27)30-2)17-11-13-25(15-19(17)32-23)21(26)18-9-6-14-31-18/h3-5,7-8,18H,6,9-15H2,1-2H3. The number of hydrogen-bond donors (Lipinski definition) is 0. The molecule has 2 aliphatic rings. The van der Waals surface area contributed by atoms with Gasteiger partial charge in [0.15, 0.2) is 0 Å². The monoisotopic (exact) mass is 492 g/mol. The first-order valence-electron chi connectivity index (χ1n) is 11.0. The van der Waals surface area contributed by atoms with E-state index < -0.39 is 22.1 Å². The predicted molar refractivity (Wildman–Crippen MR) is 124 cm³/mol. The van der Waals surface area contributed by atoms with Gasteiger partial charge >= 0.3 is 5.97 Å². The Labute approximate surface area is 198 Å². The van der Waals surface area contributed by atoms with Crippen molar-refractivity contribution in [2.45, 2.75) is 42.5 Å². The summed E-state index contributed by atoms with van der Waals surface area (Å²) in [6.45, 7) is 1.54. The maximum Gasteiger partial charge on any atom is 0.340 e. The van der Waals surface area contributed by atoms with Crippen LogP contribution in [0.25, 0.3) is 0 Å². The van der Waals surface area contributed by atoms with E-state index in [1.807, 2.05) is 30.3 Å². The number of methoxy groups -OCH3 is 1. The number of nitrogens with zero attached hydrogens (tertiary/aromatic N) is 2. The third kappa shape index (κ3) is 4.84. The molecule has 0 spiro atoms. The van der Waals surface area contributed by atoms with E-state index in [4.69, 9.17) is 9.47 Å². The number of esters is 1. The Hall–Kier alpha value is -2.27. The molecule has 1 aromatic carbocycles. The first-order valence-corrected chi connectivity index (χ1v) is 13.2. The van der Waals surface area contributed by atoms with Crippen molar-refractivity contribution in [1.82, 2.24) is 9.21 Å². The van der Waals surface area contributed by atoms with Crippen molar-refractivity contribution >= 4 is 33.2 Å². The van der Waals surface area contributed by atoms with Crippen LogP contribution in [0.2, 0.25) is 0 Å². The molecule has 1 fully saturated rings. The van der Waals surface area contributed by atoms with Gasteiger partial charge < -0.3 is 14.4 Å². The maximum absolute atomic E-state index is 13.5. The highest BCUT2D eigenvalue weighted by Gasteiger charge is 2.38. The van der Waals surface area contributed by atoms with Gasteiger partial charge in [-0.1, -0.05) is 30.3 Å². The fourth-order valence-corrected chi connectivity index (χ4v) is 7.49. The molecule has 33 heavy (non-hydrogen) atoms. The minimum atomic E-state index is -3.92. The molecular weight excluding hydrogens is 464 g/mol. The van der Waals surface area contributed by atoms with Crippen molar-refractivity contribution in [3.05, 3.63) is 51.9 Å². The summed E-state index contributed by atoms with van der Waals surface area (Å²) in [5.74, 6) is -0.739. The molecule has 2 aliphatic heterocycles. The van der Waals surface area contributed by atoms with Gasteiger partial charge in [0.25, 0.3) is 15.9 Å². The van der Waals surface area contributed by atoms with Crippen molar-refractivity contribution in [3.8, 4) is 0 Å². The molecule has 2 aromatic rings. The van der Waals surface area contributed by atoms with Crippen molar-refractivity contribution in [2.24, 2.45) is 0 Å². The molecule has 178 valence electrons. The smallest absolute Gasteiger partial charge is 0.340 e. The number of amides is 1. The summed E-state index contributed by atoms with van der Waals surface area (Å²) in [6.07, 6.45) is 2.08. The van der Waals surface area contributed by atoms with Crippen molar-refractivity contribution < 1.29 is 27.5 Å². The zero-order valence-corrected chi connectivity index (χ0v) is 20.4. The van der Waals surface area contributed by atoms with Gasteiger partial charge in [-0.3, -0.25) is 4.79 Å². The van der Waals surface area contributed by atoms with E-state index in [0.717, 1.165) is 23.3 Å². The number of thiophene rings is 1. The number of carbonyl (C=O) groups excluding carboxylic acids is 2. The number of ether oxygens (including phenoxy) is 2. The first-order chi connectivity index (χ1) is 15.8. The van der Waals surface area contributed by atoms with Gasteiger partial charge in [0.1, 0.15) is 10.3 Å². The average Bonchev–Trinajstić information content (AvgIpc) is 3.50. The van der Waals surface area contributed by atoms with Crippen LogP contribution in [0.5, 0.6) is 0 Å². The Morgan fingerprint density at radius 1 is 1.27 bits per heavy atom. The second kappa shape index (κ2) is 9.92. The first kappa shape index (κ1) is 23.9. The molecule has 0 bridgehead atoms. The van der Waals surface area contributed by atoms with Crippen molar-refractivity contribution in [2.75, 3.05) is 33.9 Å². The van der Waals surface area contributed by atoms with E-state index in [1.165, 1.54) is 18.5 Å². The van der Waals surface area contributed by atoms with Crippen LogP contribution in [-0.2, 0) is 43.7 Å². The summed E-state index contributed by atoms with van der Waals surface area (Å²) < 4.78 is 38.7. The molecule has 0 saturated carbocycles. The molecule has 1 amide bonds. The van der Waals surface area contributed by atoms with Gasteiger partial charge in [-0.15, -0.1) is 11.3 Å². The molecular formula is C23H28N2O6S2. The predicted octanol–water partition coefficient (Wildman–Crippen LogP) is 2.46. The zero-order valence-electron chi connectivity index (χ0n) is 18.8. The number of carbonyl (C=O) groups is 2. The Kier molecular flexibility index (Phi) is 7.18. The molecule has 3 heterocycles. The maximum atomic E-state index is 13.5. The lowest BCUT2D eigenvalue weighted by atomic mass is 10.0. The second-order valence-corrected chi connectivity index (χ2v) is 11.6. The second-order valence-electron chi connectivity index (χ2n) is 8.23. The van der Waals surface area contributed by atoms with Crippen LogP contribution in [0.4, 0.5) is 0 Å². The van der Waals surface area contributed by atoms with E-state index in [0.29, 0.717) is 42.9 Å². The lowest BCUT2D eigenvalue weighted by Gasteiger charge is -2.29. The number of fused-ring (bicyclic) bond motifs is 1. The number of rotatable bonds is 7. The van der Waals surface area contributed by atoms with Crippen LogP contribution in [0, 0.1) is 0 Å². The Balaban J connectivity index is 1.60. The summed E-state index contributed by atoms with van der Waals surface area (Å²) >= 11 is 1.06. The average molecular weight is 493 g/mol. The van der Waals surface area contributed by atoms with Crippen molar-refractivity contribution in [1.29, 1.82) is 0 Å². The number of benzene rings is 1. The molecule has 0 radical (unpaired) electrons. The summed E-state index contributed by atoms with van der Waals surface area (Å²) in [5, 5.41) is 0. The number of sulfonamides is 1. The highest BCUT2D eigenvalue weighted by atomic mass is 32.2. The fourth-order valence-electron chi connectivity index (χ4n) is 4.23. The highest BCUT2D eigenvalue weighted by molar-refractivity contribution is 7.91. The third-order valence-corrected chi connectivity index (χ3v) is 9.70. The summed E-state index contributed by atoms with van der Waals surface area (Å²) in [7, 11) is -1.15. The fraction of sp³-hybridized carbons (Fsp3) is 0.478. The molecule has 1 atom stereocenters. The molecule has 0 aliphatic carbocycles. The lowest BCUT2D eigenvalue weighted by molar-refractivity contribution is -0.141. The normalized spacial score (nSPS) is 18.4. The van der Waals surface area contributed by atoms with Crippen molar-refractivity contribution in [3.63, 3.8) is 0 Å². The van der Waals surface area contributed by atoms with Gasteiger partial charge in [-0.25, -0.2) is 13.2 Å².